The fourth-order valence-electron chi connectivity index (χ4n) is 2.46. The van der Waals surface area contributed by atoms with Gasteiger partial charge in [-0.1, -0.05) is 30.3 Å². The Labute approximate surface area is 126 Å². The maximum Gasteiger partial charge on any atom is 0.138 e. The van der Waals surface area contributed by atoms with Crippen LogP contribution in [0.5, 0.6) is 0 Å². The highest BCUT2D eigenvalue weighted by atomic mass is 16.5. The van der Waals surface area contributed by atoms with Crippen LogP contribution in [0.4, 0.5) is 0 Å². The Hall–Kier alpha value is -1.72. The molecule has 1 aromatic carbocycles. The summed E-state index contributed by atoms with van der Waals surface area (Å²) in [5.41, 5.74) is 7.49. The standard InChI is InChI=1S/C16H24N4O/c1-4-21-16(13-8-6-5-7-9-13)14(17)10-15-18-11-19-20(15)12(2)3/h5-9,11-12,14,16H,4,10,17H2,1-3H3. The Kier molecular flexibility index (Phi) is 5.47. The third-order valence-electron chi connectivity index (χ3n) is 3.42. The molecule has 2 N–H and O–H groups in total. The summed E-state index contributed by atoms with van der Waals surface area (Å²) in [5, 5.41) is 4.26. The van der Waals surface area contributed by atoms with E-state index in [4.69, 9.17) is 10.5 Å². The van der Waals surface area contributed by atoms with Gasteiger partial charge in [0.15, 0.2) is 0 Å². The van der Waals surface area contributed by atoms with Gasteiger partial charge in [0.2, 0.25) is 0 Å². The normalized spacial score (nSPS) is 14.3. The van der Waals surface area contributed by atoms with Gasteiger partial charge >= 0.3 is 0 Å². The summed E-state index contributed by atoms with van der Waals surface area (Å²) in [4.78, 5) is 4.33. The molecule has 0 bridgehead atoms. The molecule has 1 aromatic heterocycles. The van der Waals surface area contributed by atoms with Gasteiger partial charge in [-0.3, -0.25) is 0 Å². The molecule has 2 aromatic rings. The zero-order chi connectivity index (χ0) is 15.2. The predicted molar refractivity (Wildman–Crippen MR) is 82.9 cm³/mol. The molecule has 0 fully saturated rings. The molecule has 0 aliphatic rings. The minimum Gasteiger partial charge on any atom is -0.372 e. The van der Waals surface area contributed by atoms with Gasteiger partial charge in [-0.05, 0) is 26.3 Å². The fourth-order valence-corrected chi connectivity index (χ4v) is 2.46. The van der Waals surface area contributed by atoms with E-state index < -0.39 is 0 Å². The van der Waals surface area contributed by atoms with Crippen molar-refractivity contribution < 1.29 is 4.74 Å². The van der Waals surface area contributed by atoms with Crippen LogP contribution in [-0.2, 0) is 11.2 Å². The number of rotatable bonds is 7. The lowest BCUT2D eigenvalue weighted by Crippen LogP contribution is -2.33. The second kappa shape index (κ2) is 7.33. The average Bonchev–Trinajstić information content (AvgIpc) is 2.94. The molecule has 0 saturated carbocycles. The lowest BCUT2D eigenvalue weighted by molar-refractivity contribution is 0.0425. The van der Waals surface area contributed by atoms with E-state index >= 15 is 0 Å². The third-order valence-corrected chi connectivity index (χ3v) is 3.42. The van der Waals surface area contributed by atoms with Crippen LogP contribution in [0.1, 0.15) is 44.3 Å². The number of hydrogen-bond acceptors (Lipinski definition) is 4. The molecule has 5 heteroatoms. The molecule has 2 unspecified atom stereocenters. The summed E-state index contributed by atoms with van der Waals surface area (Å²) in [7, 11) is 0. The molecule has 2 atom stereocenters. The number of ether oxygens (including phenoxy) is 1. The molecule has 114 valence electrons. The van der Waals surface area contributed by atoms with Crippen LogP contribution in [0.15, 0.2) is 36.7 Å². The topological polar surface area (TPSA) is 66.0 Å². The van der Waals surface area contributed by atoms with Gasteiger partial charge in [0.05, 0.1) is 6.10 Å². The molecule has 21 heavy (non-hydrogen) atoms. The van der Waals surface area contributed by atoms with Gasteiger partial charge in [-0.25, -0.2) is 9.67 Å². The van der Waals surface area contributed by atoms with Crippen molar-refractivity contribution in [3.8, 4) is 0 Å². The first kappa shape index (κ1) is 15.7. The Morgan fingerprint density at radius 1 is 1.24 bits per heavy atom. The number of hydrogen-bond donors (Lipinski definition) is 1. The number of nitrogens with zero attached hydrogens (tertiary/aromatic N) is 3. The monoisotopic (exact) mass is 288 g/mol. The number of aromatic nitrogens is 3. The van der Waals surface area contributed by atoms with Crippen LogP contribution < -0.4 is 5.73 Å². The first-order valence-corrected chi connectivity index (χ1v) is 7.44. The molecule has 0 amide bonds. The zero-order valence-electron chi connectivity index (χ0n) is 12.9. The SMILES string of the molecule is CCOC(c1ccccc1)C(N)Cc1ncnn1C(C)C. The molecule has 0 saturated heterocycles. The van der Waals surface area contributed by atoms with Crippen LogP contribution in [-0.4, -0.2) is 27.4 Å². The lowest BCUT2D eigenvalue weighted by atomic mass is 10.00. The summed E-state index contributed by atoms with van der Waals surface area (Å²) in [6.07, 6.45) is 2.09. The molecule has 0 aliphatic carbocycles. The summed E-state index contributed by atoms with van der Waals surface area (Å²) >= 11 is 0. The van der Waals surface area contributed by atoms with Crippen LogP contribution >= 0.6 is 0 Å². The van der Waals surface area contributed by atoms with E-state index in [1.807, 2.05) is 41.9 Å². The summed E-state index contributed by atoms with van der Waals surface area (Å²) in [6.45, 7) is 6.78. The van der Waals surface area contributed by atoms with Crippen LogP contribution in [0.3, 0.4) is 0 Å². The lowest BCUT2D eigenvalue weighted by Gasteiger charge is -2.24. The van der Waals surface area contributed by atoms with E-state index in [0.29, 0.717) is 13.0 Å². The zero-order valence-corrected chi connectivity index (χ0v) is 12.9. The van der Waals surface area contributed by atoms with Crippen molar-refractivity contribution in [2.75, 3.05) is 6.61 Å². The first-order valence-electron chi connectivity index (χ1n) is 7.44. The van der Waals surface area contributed by atoms with Gasteiger partial charge in [0, 0.05) is 25.1 Å². The molecule has 2 rings (SSSR count). The maximum absolute atomic E-state index is 6.39. The third kappa shape index (κ3) is 3.89. The van der Waals surface area contributed by atoms with E-state index in [-0.39, 0.29) is 18.2 Å². The van der Waals surface area contributed by atoms with Gasteiger partial charge in [-0.2, -0.15) is 5.10 Å². The van der Waals surface area contributed by atoms with Crippen molar-refractivity contribution in [2.24, 2.45) is 5.73 Å². The van der Waals surface area contributed by atoms with Crippen molar-refractivity contribution in [2.45, 2.75) is 45.4 Å². The van der Waals surface area contributed by atoms with Crippen molar-refractivity contribution >= 4 is 0 Å². The van der Waals surface area contributed by atoms with Gasteiger partial charge < -0.3 is 10.5 Å². The van der Waals surface area contributed by atoms with Gasteiger partial charge in [0.25, 0.3) is 0 Å². The van der Waals surface area contributed by atoms with E-state index in [0.717, 1.165) is 11.4 Å². The number of benzene rings is 1. The van der Waals surface area contributed by atoms with E-state index in [2.05, 4.69) is 23.9 Å². The van der Waals surface area contributed by atoms with E-state index in [1.165, 1.54) is 0 Å². The largest absolute Gasteiger partial charge is 0.372 e. The second-order valence-electron chi connectivity index (χ2n) is 5.37. The van der Waals surface area contributed by atoms with Gasteiger partial charge in [-0.15, -0.1) is 0 Å². The molecular weight excluding hydrogens is 264 g/mol. The van der Waals surface area contributed by atoms with E-state index in [9.17, 15) is 0 Å². The summed E-state index contributed by atoms with van der Waals surface area (Å²) in [5.74, 6) is 0.901. The minimum atomic E-state index is -0.158. The smallest absolute Gasteiger partial charge is 0.138 e. The molecule has 0 spiro atoms. The Balaban J connectivity index is 2.15. The highest BCUT2D eigenvalue weighted by Crippen LogP contribution is 2.22. The van der Waals surface area contributed by atoms with Crippen molar-refractivity contribution in [3.63, 3.8) is 0 Å². The quantitative estimate of drug-likeness (QED) is 0.850. The maximum atomic E-state index is 6.39. The average molecular weight is 288 g/mol. The highest BCUT2D eigenvalue weighted by Gasteiger charge is 2.22. The molecule has 5 nitrogen and oxygen atoms in total. The molecule has 0 radical (unpaired) electrons. The van der Waals surface area contributed by atoms with Crippen LogP contribution in [0.2, 0.25) is 0 Å². The molecule has 0 aliphatic heterocycles. The van der Waals surface area contributed by atoms with Crippen LogP contribution in [0, 0.1) is 0 Å². The minimum absolute atomic E-state index is 0.131. The molecular formula is C16H24N4O. The number of nitrogens with two attached hydrogens (primary N) is 1. The highest BCUT2D eigenvalue weighted by molar-refractivity contribution is 5.19. The predicted octanol–water partition coefficient (Wildman–Crippen LogP) is 2.51. The Bertz CT molecular complexity index is 538. The van der Waals surface area contributed by atoms with Gasteiger partial charge in [0.1, 0.15) is 12.2 Å². The van der Waals surface area contributed by atoms with Crippen molar-refractivity contribution in [1.29, 1.82) is 0 Å². The van der Waals surface area contributed by atoms with Crippen LogP contribution in [0.25, 0.3) is 0 Å². The summed E-state index contributed by atoms with van der Waals surface area (Å²) < 4.78 is 7.77. The fraction of sp³-hybridized carbons (Fsp3) is 0.500. The van der Waals surface area contributed by atoms with E-state index in [1.54, 1.807) is 6.33 Å². The summed E-state index contributed by atoms with van der Waals surface area (Å²) in [6, 6.07) is 10.2. The van der Waals surface area contributed by atoms with Crippen molar-refractivity contribution in [3.05, 3.63) is 48.0 Å². The first-order chi connectivity index (χ1) is 10.1. The Morgan fingerprint density at radius 2 is 1.95 bits per heavy atom. The second-order valence-corrected chi connectivity index (χ2v) is 5.37. The molecule has 1 heterocycles. The Morgan fingerprint density at radius 3 is 2.57 bits per heavy atom. The van der Waals surface area contributed by atoms with Crippen molar-refractivity contribution in [1.82, 2.24) is 14.8 Å².